The van der Waals surface area contributed by atoms with Gasteiger partial charge in [0.25, 0.3) is 5.56 Å². The maximum absolute atomic E-state index is 12.1. The van der Waals surface area contributed by atoms with Crippen molar-refractivity contribution in [1.82, 2.24) is 14.9 Å². The Morgan fingerprint density at radius 2 is 2.15 bits per heavy atom. The first-order valence-corrected chi connectivity index (χ1v) is 5.50. The third kappa shape index (κ3) is 2.72. The van der Waals surface area contributed by atoms with Gasteiger partial charge in [-0.15, -0.1) is 0 Å². The lowest BCUT2D eigenvalue weighted by molar-refractivity contribution is -0.120. The standard InChI is InChI=1S/C11H11N5O4/c12-11(19)14-9(17)4-16-5-13-8-3-6(15-20)1-2-7(8)10(16)18/h1-3,5,15,20H,4H2,(H3,12,14,17,19). The maximum atomic E-state index is 12.1. The van der Waals surface area contributed by atoms with E-state index in [9.17, 15) is 14.4 Å². The first-order valence-electron chi connectivity index (χ1n) is 5.50. The SMILES string of the molecule is NC(=O)NC(=O)Cn1cnc2cc(NO)ccc2c1=O. The number of carbonyl (C=O) groups is 2. The largest absolute Gasteiger partial charge is 0.351 e. The molecule has 0 aliphatic rings. The number of benzene rings is 1. The zero-order valence-electron chi connectivity index (χ0n) is 10.2. The second-order valence-electron chi connectivity index (χ2n) is 3.93. The van der Waals surface area contributed by atoms with Crippen molar-refractivity contribution in [2.45, 2.75) is 6.54 Å². The topological polar surface area (TPSA) is 139 Å². The van der Waals surface area contributed by atoms with E-state index in [1.54, 1.807) is 0 Å². The van der Waals surface area contributed by atoms with Crippen LogP contribution in [0.15, 0.2) is 29.3 Å². The summed E-state index contributed by atoms with van der Waals surface area (Å²) in [6.45, 7) is -0.370. The van der Waals surface area contributed by atoms with Gasteiger partial charge in [-0.2, -0.15) is 0 Å². The van der Waals surface area contributed by atoms with Crippen LogP contribution in [0.4, 0.5) is 10.5 Å². The van der Waals surface area contributed by atoms with Gasteiger partial charge in [-0.1, -0.05) is 0 Å². The second-order valence-corrected chi connectivity index (χ2v) is 3.93. The Morgan fingerprint density at radius 3 is 2.80 bits per heavy atom. The molecule has 2 rings (SSSR count). The minimum Gasteiger partial charge on any atom is -0.351 e. The Balaban J connectivity index is 2.37. The van der Waals surface area contributed by atoms with Crippen LogP contribution < -0.4 is 22.1 Å². The molecule has 1 aromatic carbocycles. The van der Waals surface area contributed by atoms with Gasteiger partial charge in [0.1, 0.15) is 6.54 Å². The van der Waals surface area contributed by atoms with Gasteiger partial charge >= 0.3 is 6.03 Å². The van der Waals surface area contributed by atoms with Crippen molar-refractivity contribution in [2.75, 3.05) is 5.48 Å². The summed E-state index contributed by atoms with van der Waals surface area (Å²) in [7, 11) is 0. The molecule has 20 heavy (non-hydrogen) atoms. The summed E-state index contributed by atoms with van der Waals surface area (Å²) >= 11 is 0. The van der Waals surface area contributed by atoms with E-state index in [4.69, 9.17) is 10.9 Å². The fourth-order valence-corrected chi connectivity index (χ4v) is 1.67. The Bertz CT molecular complexity index is 739. The van der Waals surface area contributed by atoms with E-state index < -0.39 is 17.5 Å². The molecule has 9 heteroatoms. The molecular formula is C11H11N5O4. The molecule has 0 atom stereocenters. The number of hydrogen-bond donors (Lipinski definition) is 4. The van der Waals surface area contributed by atoms with E-state index >= 15 is 0 Å². The van der Waals surface area contributed by atoms with Gasteiger partial charge in [-0.05, 0) is 18.2 Å². The Hall–Kier alpha value is -2.94. The van der Waals surface area contributed by atoms with Gasteiger partial charge < -0.3 is 5.73 Å². The number of anilines is 1. The first-order chi connectivity index (χ1) is 9.51. The molecule has 0 aliphatic carbocycles. The monoisotopic (exact) mass is 277 g/mol. The molecule has 1 aromatic heterocycles. The molecular weight excluding hydrogens is 266 g/mol. The number of nitrogens with zero attached hydrogens (tertiary/aromatic N) is 2. The lowest BCUT2D eigenvalue weighted by Crippen LogP contribution is -2.39. The van der Waals surface area contributed by atoms with Crippen LogP contribution in [0.3, 0.4) is 0 Å². The number of amides is 3. The molecule has 104 valence electrons. The summed E-state index contributed by atoms with van der Waals surface area (Å²) in [6.07, 6.45) is 1.17. The van der Waals surface area contributed by atoms with Crippen molar-refractivity contribution in [1.29, 1.82) is 0 Å². The number of rotatable bonds is 3. The lowest BCUT2D eigenvalue weighted by Gasteiger charge is -2.06. The van der Waals surface area contributed by atoms with Gasteiger partial charge in [0.2, 0.25) is 5.91 Å². The summed E-state index contributed by atoms with van der Waals surface area (Å²) in [5.41, 5.74) is 7.05. The van der Waals surface area contributed by atoms with Gasteiger partial charge in [-0.3, -0.25) is 30.2 Å². The molecule has 0 unspecified atom stereocenters. The number of fused-ring (bicyclic) bond motifs is 1. The number of nitrogens with one attached hydrogen (secondary N) is 2. The molecule has 0 radical (unpaired) electrons. The van der Waals surface area contributed by atoms with E-state index in [1.807, 2.05) is 10.8 Å². The van der Waals surface area contributed by atoms with Crippen molar-refractivity contribution in [2.24, 2.45) is 5.73 Å². The summed E-state index contributed by atoms with van der Waals surface area (Å²) in [4.78, 5) is 38.0. The smallest absolute Gasteiger partial charge is 0.318 e. The van der Waals surface area contributed by atoms with Crippen molar-refractivity contribution in [3.8, 4) is 0 Å². The fraction of sp³-hybridized carbons (Fsp3) is 0.0909. The molecule has 0 saturated heterocycles. The summed E-state index contributed by atoms with van der Waals surface area (Å²) in [6, 6.07) is 3.44. The molecule has 5 N–H and O–H groups in total. The number of primary amides is 1. The number of carbonyl (C=O) groups excluding carboxylic acids is 2. The quantitative estimate of drug-likeness (QED) is 0.552. The van der Waals surface area contributed by atoms with Crippen LogP contribution in [-0.4, -0.2) is 26.7 Å². The maximum Gasteiger partial charge on any atom is 0.318 e. The number of aromatic nitrogens is 2. The predicted octanol–water partition coefficient (Wildman–Crippen LogP) is -0.607. The van der Waals surface area contributed by atoms with Crippen LogP contribution in [0.25, 0.3) is 10.9 Å². The minimum atomic E-state index is -0.990. The van der Waals surface area contributed by atoms with Crippen LogP contribution in [0.1, 0.15) is 0 Å². The Morgan fingerprint density at radius 1 is 1.40 bits per heavy atom. The van der Waals surface area contributed by atoms with Gasteiger partial charge in [0.15, 0.2) is 0 Å². The average molecular weight is 277 g/mol. The normalized spacial score (nSPS) is 10.2. The van der Waals surface area contributed by atoms with Crippen molar-refractivity contribution in [3.05, 3.63) is 34.9 Å². The highest BCUT2D eigenvalue weighted by molar-refractivity contribution is 5.93. The molecule has 2 aromatic rings. The molecule has 0 spiro atoms. The number of hydrogen-bond acceptors (Lipinski definition) is 6. The zero-order valence-corrected chi connectivity index (χ0v) is 10.2. The van der Waals surface area contributed by atoms with E-state index in [-0.39, 0.29) is 11.9 Å². The van der Waals surface area contributed by atoms with Crippen LogP contribution in [0.5, 0.6) is 0 Å². The van der Waals surface area contributed by atoms with Gasteiger partial charge in [-0.25, -0.2) is 9.78 Å². The van der Waals surface area contributed by atoms with E-state index in [0.29, 0.717) is 11.2 Å². The second kappa shape index (κ2) is 5.36. The summed E-state index contributed by atoms with van der Waals surface area (Å²) in [5.74, 6) is -0.714. The molecule has 0 saturated carbocycles. The van der Waals surface area contributed by atoms with Gasteiger partial charge in [0, 0.05) is 0 Å². The molecule has 0 aliphatic heterocycles. The number of imide groups is 1. The minimum absolute atomic E-state index is 0.276. The average Bonchev–Trinajstić information content (AvgIpc) is 2.40. The van der Waals surface area contributed by atoms with Gasteiger partial charge in [0.05, 0.1) is 22.9 Å². The first kappa shape index (κ1) is 13.5. The van der Waals surface area contributed by atoms with Crippen LogP contribution >= 0.6 is 0 Å². The number of urea groups is 1. The van der Waals surface area contributed by atoms with E-state index in [0.717, 1.165) is 4.57 Å². The van der Waals surface area contributed by atoms with Crippen molar-refractivity contribution < 1.29 is 14.8 Å². The van der Waals surface area contributed by atoms with Crippen LogP contribution in [0.2, 0.25) is 0 Å². The molecule has 1 heterocycles. The molecule has 0 fully saturated rings. The third-order valence-corrected chi connectivity index (χ3v) is 2.53. The number of nitrogens with two attached hydrogens (primary N) is 1. The van der Waals surface area contributed by atoms with Crippen molar-refractivity contribution >= 4 is 28.5 Å². The van der Waals surface area contributed by atoms with Crippen LogP contribution in [0, 0.1) is 0 Å². The van der Waals surface area contributed by atoms with Crippen LogP contribution in [-0.2, 0) is 11.3 Å². The molecule has 3 amide bonds. The predicted molar refractivity (Wildman–Crippen MR) is 69.1 cm³/mol. The fourth-order valence-electron chi connectivity index (χ4n) is 1.67. The zero-order chi connectivity index (χ0) is 14.7. The van der Waals surface area contributed by atoms with E-state index in [2.05, 4.69) is 4.98 Å². The van der Waals surface area contributed by atoms with E-state index in [1.165, 1.54) is 24.5 Å². The lowest BCUT2D eigenvalue weighted by atomic mass is 10.2. The molecule has 0 bridgehead atoms. The Labute approximate surface area is 112 Å². The summed E-state index contributed by atoms with van der Waals surface area (Å²) < 4.78 is 1.05. The highest BCUT2D eigenvalue weighted by Crippen LogP contribution is 2.13. The highest BCUT2D eigenvalue weighted by atomic mass is 16.5. The molecule has 9 nitrogen and oxygen atoms in total. The third-order valence-electron chi connectivity index (χ3n) is 2.53. The van der Waals surface area contributed by atoms with Crippen molar-refractivity contribution in [3.63, 3.8) is 0 Å². The Kier molecular flexibility index (Phi) is 3.62. The summed E-state index contributed by atoms with van der Waals surface area (Å²) in [5, 5.41) is 10.9. The highest BCUT2D eigenvalue weighted by Gasteiger charge is 2.09.